The van der Waals surface area contributed by atoms with Crippen molar-refractivity contribution in [2.45, 2.75) is 13.3 Å². The normalized spacial score (nSPS) is 9.96. The number of carbonyl (C=O) groups is 3. The van der Waals surface area contributed by atoms with Crippen molar-refractivity contribution in [1.82, 2.24) is 5.32 Å². The molecule has 0 heterocycles. The Morgan fingerprint density at radius 3 is 2.26 bits per heavy atom. The second-order valence-corrected chi connectivity index (χ2v) is 5.07. The SMILES string of the molecule is Cc1ccc(CC(=O)OCC(=O)NC(=O)c2ccccc2)cc1. The highest BCUT2D eigenvalue weighted by Gasteiger charge is 2.12. The van der Waals surface area contributed by atoms with Crippen LogP contribution in [0.25, 0.3) is 0 Å². The Kier molecular flexibility index (Phi) is 5.63. The van der Waals surface area contributed by atoms with E-state index in [1.807, 2.05) is 31.2 Å². The minimum Gasteiger partial charge on any atom is -0.455 e. The molecule has 0 aliphatic rings. The summed E-state index contributed by atoms with van der Waals surface area (Å²) in [4.78, 5) is 35.0. The van der Waals surface area contributed by atoms with Gasteiger partial charge in [0.2, 0.25) is 0 Å². The molecule has 0 aliphatic carbocycles. The van der Waals surface area contributed by atoms with Crippen LogP contribution in [0.1, 0.15) is 21.5 Å². The molecule has 2 rings (SSSR count). The average molecular weight is 311 g/mol. The quantitative estimate of drug-likeness (QED) is 0.858. The Labute approximate surface area is 134 Å². The first-order valence-corrected chi connectivity index (χ1v) is 7.15. The maximum absolute atomic E-state index is 11.8. The monoisotopic (exact) mass is 311 g/mol. The topological polar surface area (TPSA) is 72.5 Å². The van der Waals surface area contributed by atoms with Crippen molar-refractivity contribution in [2.75, 3.05) is 6.61 Å². The molecule has 0 spiro atoms. The van der Waals surface area contributed by atoms with Gasteiger partial charge in [0.25, 0.3) is 11.8 Å². The van der Waals surface area contributed by atoms with Crippen LogP contribution in [0.2, 0.25) is 0 Å². The highest BCUT2D eigenvalue weighted by molar-refractivity contribution is 6.05. The van der Waals surface area contributed by atoms with E-state index in [1.165, 1.54) is 0 Å². The first kappa shape index (κ1) is 16.4. The highest BCUT2D eigenvalue weighted by atomic mass is 16.5. The van der Waals surface area contributed by atoms with Crippen LogP contribution in [-0.2, 0) is 20.7 Å². The molecular formula is C18H17NO4. The molecule has 0 bridgehead atoms. The summed E-state index contributed by atoms with van der Waals surface area (Å²) in [6.07, 6.45) is 0.0835. The third kappa shape index (κ3) is 5.39. The van der Waals surface area contributed by atoms with Gasteiger partial charge in [-0.2, -0.15) is 0 Å². The third-order valence-corrected chi connectivity index (χ3v) is 3.12. The molecule has 2 amide bonds. The maximum Gasteiger partial charge on any atom is 0.310 e. The molecule has 0 aromatic heterocycles. The number of aryl methyl sites for hydroxylation is 1. The number of ether oxygens (including phenoxy) is 1. The minimum atomic E-state index is -0.656. The fourth-order valence-electron chi connectivity index (χ4n) is 1.89. The zero-order valence-corrected chi connectivity index (χ0v) is 12.7. The Bertz CT molecular complexity index is 693. The number of benzene rings is 2. The summed E-state index contributed by atoms with van der Waals surface area (Å²) in [6, 6.07) is 15.8. The van der Waals surface area contributed by atoms with E-state index in [-0.39, 0.29) is 6.42 Å². The van der Waals surface area contributed by atoms with Gasteiger partial charge >= 0.3 is 5.97 Å². The van der Waals surface area contributed by atoms with Gasteiger partial charge in [-0.1, -0.05) is 48.0 Å². The van der Waals surface area contributed by atoms with Crippen LogP contribution in [0.3, 0.4) is 0 Å². The molecule has 0 radical (unpaired) electrons. The zero-order valence-electron chi connectivity index (χ0n) is 12.7. The molecule has 2 aromatic carbocycles. The first-order valence-electron chi connectivity index (χ1n) is 7.15. The molecule has 118 valence electrons. The van der Waals surface area contributed by atoms with Crippen molar-refractivity contribution >= 4 is 17.8 Å². The number of amides is 2. The van der Waals surface area contributed by atoms with Crippen LogP contribution in [0.15, 0.2) is 54.6 Å². The largest absolute Gasteiger partial charge is 0.455 e. The Balaban J connectivity index is 1.76. The number of imide groups is 1. The first-order chi connectivity index (χ1) is 11.0. The van der Waals surface area contributed by atoms with Crippen LogP contribution in [0, 0.1) is 6.92 Å². The van der Waals surface area contributed by atoms with Gasteiger partial charge in [0.15, 0.2) is 6.61 Å². The lowest BCUT2D eigenvalue weighted by Crippen LogP contribution is -2.34. The number of rotatable bonds is 5. The summed E-state index contributed by atoms with van der Waals surface area (Å²) in [5.74, 6) is -1.70. The van der Waals surface area contributed by atoms with E-state index >= 15 is 0 Å². The van der Waals surface area contributed by atoms with Crippen molar-refractivity contribution in [1.29, 1.82) is 0 Å². The van der Waals surface area contributed by atoms with Crippen molar-refractivity contribution in [3.8, 4) is 0 Å². The molecule has 0 unspecified atom stereocenters. The highest BCUT2D eigenvalue weighted by Crippen LogP contribution is 2.04. The van der Waals surface area contributed by atoms with Gasteiger partial charge in [-0.25, -0.2) is 0 Å². The molecule has 5 nitrogen and oxygen atoms in total. The predicted molar refractivity (Wildman–Crippen MR) is 84.8 cm³/mol. The lowest BCUT2D eigenvalue weighted by atomic mass is 10.1. The van der Waals surface area contributed by atoms with E-state index in [9.17, 15) is 14.4 Å². The van der Waals surface area contributed by atoms with Crippen molar-refractivity contribution in [2.24, 2.45) is 0 Å². The standard InChI is InChI=1S/C18H17NO4/c1-13-7-9-14(10-8-13)11-17(21)23-12-16(20)19-18(22)15-5-3-2-4-6-15/h2-10H,11-12H2,1H3,(H,19,20,22). The van der Waals surface area contributed by atoms with E-state index in [0.29, 0.717) is 5.56 Å². The number of nitrogens with one attached hydrogen (secondary N) is 1. The molecule has 0 atom stereocenters. The molecule has 2 aromatic rings. The summed E-state index contributed by atoms with van der Waals surface area (Å²) in [5, 5.41) is 2.17. The minimum absolute atomic E-state index is 0.0835. The molecule has 0 fully saturated rings. The van der Waals surface area contributed by atoms with Crippen molar-refractivity contribution < 1.29 is 19.1 Å². The summed E-state index contributed by atoms with van der Waals surface area (Å²) < 4.78 is 4.87. The third-order valence-electron chi connectivity index (χ3n) is 3.12. The number of esters is 1. The van der Waals surface area contributed by atoms with E-state index < -0.39 is 24.4 Å². The van der Waals surface area contributed by atoms with Gasteiger partial charge in [-0.3, -0.25) is 19.7 Å². The van der Waals surface area contributed by atoms with Crippen LogP contribution < -0.4 is 5.32 Å². The van der Waals surface area contributed by atoms with Gasteiger partial charge in [0, 0.05) is 5.56 Å². The lowest BCUT2D eigenvalue weighted by Gasteiger charge is -2.06. The second kappa shape index (κ2) is 7.89. The summed E-state index contributed by atoms with van der Waals surface area (Å²) in [6.45, 7) is 1.47. The molecule has 0 aliphatic heterocycles. The number of carbonyl (C=O) groups excluding carboxylic acids is 3. The van der Waals surface area contributed by atoms with Crippen LogP contribution in [-0.4, -0.2) is 24.4 Å². The molecule has 1 N–H and O–H groups in total. The maximum atomic E-state index is 11.8. The Morgan fingerprint density at radius 1 is 0.957 bits per heavy atom. The summed E-state index contributed by atoms with van der Waals surface area (Å²) in [7, 11) is 0. The van der Waals surface area contributed by atoms with E-state index in [0.717, 1.165) is 11.1 Å². The van der Waals surface area contributed by atoms with Gasteiger partial charge < -0.3 is 4.74 Å². The van der Waals surface area contributed by atoms with Crippen LogP contribution in [0.4, 0.5) is 0 Å². The smallest absolute Gasteiger partial charge is 0.310 e. The van der Waals surface area contributed by atoms with Crippen LogP contribution >= 0.6 is 0 Å². The van der Waals surface area contributed by atoms with E-state index in [1.54, 1.807) is 30.3 Å². The number of hydrogen-bond acceptors (Lipinski definition) is 4. The average Bonchev–Trinajstić information content (AvgIpc) is 2.56. The predicted octanol–water partition coefficient (Wildman–Crippen LogP) is 2.04. The van der Waals surface area contributed by atoms with E-state index in [4.69, 9.17) is 4.74 Å². The Hall–Kier alpha value is -2.95. The molecule has 23 heavy (non-hydrogen) atoms. The van der Waals surface area contributed by atoms with Gasteiger partial charge in [-0.15, -0.1) is 0 Å². The summed E-state index contributed by atoms with van der Waals surface area (Å²) >= 11 is 0. The fourth-order valence-corrected chi connectivity index (χ4v) is 1.89. The van der Waals surface area contributed by atoms with Gasteiger partial charge in [-0.05, 0) is 24.6 Å². The molecular weight excluding hydrogens is 294 g/mol. The van der Waals surface area contributed by atoms with Crippen LogP contribution in [0.5, 0.6) is 0 Å². The van der Waals surface area contributed by atoms with Crippen molar-refractivity contribution in [3.05, 3.63) is 71.3 Å². The molecule has 5 heteroatoms. The second-order valence-electron chi connectivity index (χ2n) is 5.07. The fraction of sp³-hybridized carbons (Fsp3) is 0.167. The zero-order chi connectivity index (χ0) is 16.7. The molecule has 0 saturated heterocycles. The number of hydrogen-bond donors (Lipinski definition) is 1. The Morgan fingerprint density at radius 2 is 1.61 bits per heavy atom. The van der Waals surface area contributed by atoms with Gasteiger partial charge in [0.1, 0.15) is 0 Å². The lowest BCUT2D eigenvalue weighted by molar-refractivity contribution is -0.147. The summed E-state index contributed by atoms with van der Waals surface area (Å²) in [5.41, 5.74) is 2.27. The van der Waals surface area contributed by atoms with Crippen molar-refractivity contribution in [3.63, 3.8) is 0 Å². The molecule has 0 saturated carbocycles. The van der Waals surface area contributed by atoms with E-state index in [2.05, 4.69) is 5.32 Å². The van der Waals surface area contributed by atoms with Gasteiger partial charge in [0.05, 0.1) is 6.42 Å².